The molecule has 0 saturated carbocycles. The molecule has 0 atom stereocenters. The van der Waals surface area contributed by atoms with Gasteiger partial charge in [-0.2, -0.15) is 5.10 Å². The normalized spacial score (nSPS) is 15.0. The Morgan fingerprint density at radius 2 is 1.82 bits per heavy atom. The van der Waals surface area contributed by atoms with Crippen molar-refractivity contribution in [2.75, 3.05) is 25.0 Å². The molecule has 1 saturated heterocycles. The Kier molecular flexibility index (Phi) is 6.31. The van der Waals surface area contributed by atoms with Crippen molar-refractivity contribution in [3.63, 3.8) is 0 Å². The van der Waals surface area contributed by atoms with Gasteiger partial charge in [-0.1, -0.05) is 13.8 Å². The van der Waals surface area contributed by atoms with Gasteiger partial charge in [0.15, 0.2) is 5.65 Å². The van der Waals surface area contributed by atoms with Crippen LogP contribution in [0.15, 0.2) is 43.1 Å². The number of pyridine rings is 2. The Balaban J connectivity index is 1.28. The van der Waals surface area contributed by atoms with Crippen molar-refractivity contribution in [3.05, 3.63) is 65.6 Å². The SMILES string of the molecule is Cc1c(-c2[nH]c3ccc(N4CCC(N(C)Cc5ncccn5)CC4)nc3c2C(C)C)cn2ncnc2c1C. The van der Waals surface area contributed by atoms with Crippen LogP contribution < -0.4 is 4.90 Å². The number of anilines is 1. The van der Waals surface area contributed by atoms with Gasteiger partial charge in [-0.3, -0.25) is 4.90 Å². The molecule has 38 heavy (non-hydrogen) atoms. The minimum absolute atomic E-state index is 0.312. The molecule has 6 heterocycles. The number of H-pyrrole nitrogens is 1. The van der Waals surface area contributed by atoms with E-state index in [1.807, 2.05) is 23.0 Å². The molecule has 1 aliphatic heterocycles. The number of aromatic amines is 1. The number of hydrogen-bond donors (Lipinski definition) is 1. The Hall–Kier alpha value is -3.85. The van der Waals surface area contributed by atoms with E-state index in [-0.39, 0.29) is 0 Å². The van der Waals surface area contributed by atoms with E-state index in [9.17, 15) is 0 Å². The average molecular weight is 510 g/mol. The highest BCUT2D eigenvalue weighted by molar-refractivity contribution is 5.90. The molecule has 0 unspecified atom stereocenters. The fourth-order valence-corrected chi connectivity index (χ4v) is 5.78. The zero-order valence-corrected chi connectivity index (χ0v) is 22.8. The van der Waals surface area contributed by atoms with Crippen molar-refractivity contribution < 1.29 is 0 Å². The topological polar surface area (TPSA) is 91.1 Å². The highest BCUT2D eigenvalue weighted by Crippen LogP contribution is 2.38. The highest BCUT2D eigenvalue weighted by Gasteiger charge is 2.25. The van der Waals surface area contributed by atoms with Crippen LogP contribution in [0.4, 0.5) is 5.82 Å². The van der Waals surface area contributed by atoms with Crippen molar-refractivity contribution in [2.45, 2.75) is 59.0 Å². The van der Waals surface area contributed by atoms with E-state index in [4.69, 9.17) is 4.98 Å². The molecule has 196 valence electrons. The molecular weight excluding hydrogens is 474 g/mol. The molecule has 0 spiro atoms. The van der Waals surface area contributed by atoms with Crippen LogP contribution >= 0.6 is 0 Å². The van der Waals surface area contributed by atoms with Crippen molar-refractivity contribution in [1.82, 2.24) is 39.4 Å². The molecule has 1 fully saturated rings. The first kappa shape index (κ1) is 24.5. The summed E-state index contributed by atoms with van der Waals surface area (Å²) in [5.41, 5.74) is 8.92. The summed E-state index contributed by atoms with van der Waals surface area (Å²) in [6, 6.07) is 6.73. The molecule has 0 aromatic carbocycles. The van der Waals surface area contributed by atoms with Crippen molar-refractivity contribution >= 4 is 22.5 Å². The quantitative estimate of drug-likeness (QED) is 0.348. The molecule has 5 aromatic rings. The van der Waals surface area contributed by atoms with E-state index in [0.717, 1.165) is 77.6 Å². The summed E-state index contributed by atoms with van der Waals surface area (Å²) in [5.74, 6) is 2.24. The number of nitrogens with one attached hydrogen (secondary N) is 1. The lowest BCUT2D eigenvalue weighted by Gasteiger charge is -2.37. The number of aryl methyl sites for hydroxylation is 1. The zero-order chi connectivity index (χ0) is 26.4. The van der Waals surface area contributed by atoms with Crippen molar-refractivity contribution in [3.8, 4) is 11.3 Å². The molecule has 6 rings (SSSR count). The number of piperidine rings is 1. The third-order valence-electron chi connectivity index (χ3n) is 8.06. The van der Waals surface area contributed by atoms with Gasteiger partial charge in [0.1, 0.15) is 18.0 Å². The third-order valence-corrected chi connectivity index (χ3v) is 8.06. The summed E-state index contributed by atoms with van der Waals surface area (Å²) in [6.45, 7) is 11.5. The van der Waals surface area contributed by atoms with Crippen molar-refractivity contribution in [1.29, 1.82) is 0 Å². The predicted octanol–water partition coefficient (Wildman–Crippen LogP) is 4.90. The van der Waals surface area contributed by atoms with Crippen LogP contribution in [0.3, 0.4) is 0 Å². The summed E-state index contributed by atoms with van der Waals surface area (Å²) >= 11 is 0. The van der Waals surface area contributed by atoms with E-state index in [2.05, 4.69) is 87.9 Å². The second-order valence-corrected chi connectivity index (χ2v) is 10.8. The first-order valence-electron chi connectivity index (χ1n) is 13.4. The summed E-state index contributed by atoms with van der Waals surface area (Å²) in [7, 11) is 2.18. The summed E-state index contributed by atoms with van der Waals surface area (Å²) in [4.78, 5) is 27.0. The second kappa shape index (κ2) is 9.79. The van der Waals surface area contributed by atoms with Gasteiger partial charge in [0.2, 0.25) is 0 Å². The molecule has 0 amide bonds. The van der Waals surface area contributed by atoms with Gasteiger partial charge in [-0.15, -0.1) is 0 Å². The Morgan fingerprint density at radius 3 is 2.55 bits per heavy atom. The van der Waals surface area contributed by atoms with Crippen LogP contribution in [0.2, 0.25) is 0 Å². The molecule has 9 heteroatoms. The maximum absolute atomic E-state index is 5.23. The lowest BCUT2D eigenvalue weighted by molar-refractivity contribution is 0.196. The summed E-state index contributed by atoms with van der Waals surface area (Å²) in [5, 5.41) is 4.41. The molecule has 0 radical (unpaired) electrons. The smallest absolute Gasteiger partial charge is 0.158 e. The van der Waals surface area contributed by atoms with Crippen LogP contribution in [0.1, 0.15) is 55.1 Å². The van der Waals surface area contributed by atoms with E-state index in [1.165, 1.54) is 11.1 Å². The second-order valence-electron chi connectivity index (χ2n) is 10.8. The first-order chi connectivity index (χ1) is 18.4. The fraction of sp³-hybridized carbons (Fsp3) is 0.414. The molecule has 1 N–H and O–H groups in total. The Morgan fingerprint density at radius 1 is 1.05 bits per heavy atom. The molecule has 0 bridgehead atoms. The molecular formula is C29H35N9. The van der Waals surface area contributed by atoms with Crippen LogP contribution in [-0.2, 0) is 6.54 Å². The average Bonchev–Trinajstić information content (AvgIpc) is 3.56. The predicted molar refractivity (Wildman–Crippen MR) is 150 cm³/mol. The van der Waals surface area contributed by atoms with Crippen LogP contribution in [-0.4, -0.2) is 65.6 Å². The summed E-state index contributed by atoms with van der Waals surface area (Å²) < 4.78 is 1.87. The minimum Gasteiger partial charge on any atom is -0.356 e. The highest BCUT2D eigenvalue weighted by atomic mass is 15.3. The van der Waals surface area contributed by atoms with E-state index in [0.29, 0.717) is 12.0 Å². The molecule has 9 nitrogen and oxygen atoms in total. The third kappa shape index (κ3) is 4.30. The maximum atomic E-state index is 5.23. The van der Waals surface area contributed by atoms with Gasteiger partial charge >= 0.3 is 0 Å². The number of rotatable bonds is 6. The van der Waals surface area contributed by atoms with Gasteiger partial charge in [0.05, 0.1) is 23.3 Å². The van der Waals surface area contributed by atoms with Gasteiger partial charge in [-0.05, 0) is 69.0 Å². The van der Waals surface area contributed by atoms with Crippen molar-refractivity contribution in [2.24, 2.45) is 0 Å². The van der Waals surface area contributed by atoms with Gasteiger partial charge in [0.25, 0.3) is 0 Å². The van der Waals surface area contributed by atoms with Crippen LogP contribution in [0, 0.1) is 13.8 Å². The number of aromatic nitrogens is 7. The van der Waals surface area contributed by atoms with Crippen LogP contribution in [0.25, 0.3) is 27.9 Å². The Labute approximate surface area is 223 Å². The standard InChI is InChI=1S/C29H35N9/c1-18(2)26-27(22-15-38-29(32-17-33-38)20(4)19(22)3)34-23-7-8-25(35-28(23)26)37-13-9-21(10-14-37)36(5)16-24-30-11-6-12-31-24/h6-8,11-12,15,17-18,21,34H,9-10,13-14,16H2,1-5H3. The monoisotopic (exact) mass is 509 g/mol. The molecule has 5 aromatic heterocycles. The number of fused-ring (bicyclic) bond motifs is 2. The first-order valence-corrected chi connectivity index (χ1v) is 13.4. The van der Waals surface area contributed by atoms with Gasteiger partial charge < -0.3 is 9.88 Å². The van der Waals surface area contributed by atoms with Gasteiger partial charge in [0, 0.05) is 48.8 Å². The Bertz CT molecular complexity index is 1580. The molecule has 0 aliphatic carbocycles. The zero-order valence-electron chi connectivity index (χ0n) is 22.8. The lowest BCUT2D eigenvalue weighted by atomic mass is 9.95. The van der Waals surface area contributed by atoms with E-state index >= 15 is 0 Å². The lowest BCUT2D eigenvalue weighted by Crippen LogP contribution is -2.43. The van der Waals surface area contributed by atoms with Gasteiger partial charge in [-0.25, -0.2) is 24.5 Å². The van der Waals surface area contributed by atoms with E-state index in [1.54, 1.807) is 6.33 Å². The number of hydrogen-bond acceptors (Lipinski definition) is 7. The minimum atomic E-state index is 0.312. The number of nitrogens with zero attached hydrogens (tertiary/aromatic N) is 8. The van der Waals surface area contributed by atoms with E-state index < -0.39 is 0 Å². The fourth-order valence-electron chi connectivity index (χ4n) is 5.78. The summed E-state index contributed by atoms with van der Waals surface area (Å²) in [6.07, 6.45) is 9.51. The maximum Gasteiger partial charge on any atom is 0.158 e. The largest absolute Gasteiger partial charge is 0.356 e. The van der Waals surface area contributed by atoms with Crippen LogP contribution in [0.5, 0.6) is 0 Å². The molecule has 1 aliphatic rings.